The fourth-order valence-corrected chi connectivity index (χ4v) is 3.67. The van der Waals surface area contributed by atoms with Crippen LogP contribution in [0, 0.1) is 41.2 Å². The summed E-state index contributed by atoms with van der Waals surface area (Å²) in [5.41, 5.74) is -2.59. The fourth-order valence-electron chi connectivity index (χ4n) is 3.67. The van der Waals surface area contributed by atoms with Crippen LogP contribution in [0.25, 0.3) is 21.8 Å². The molecule has 0 amide bonds. The van der Waals surface area contributed by atoms with Crippen molar-refractivity contribution in [2.45, 2.75) is 19.3 Å². The van der Waals surface area contributed by atoms with Crippen LogP contribution < -0.4 is 0 Å². The minimum Gasteiger partial charge on any atom is -0.252 e. The molecule has 0 atom stereocenters. The summed E-state index contributed by atoms with van der Waals surface area (Å²) in [5, 5.41) is 13.4. The van der Waals surface area contributed by atoms with Gasteiger partial charge in [0.15, 0.2) is 5.82 Å². The number of aromatic nitrogens is 3. The van der Waals surface area contributed by atoms with Crippen LogP contribution in [-0.2, 0) is 5.41 Å². The predicted octanol–water partition coefficient (Wildman–Crippen LogP) is 6.24. The third kappa shape index (κ3) is 3.57. The lowest BCUT2D eigenvalue weighted by atomic mass is 9.79. The number of benzene rings is 2. The van der Waals surface area contributed by atoms with Crippen molar-refractivity contribution in [1.82, 2.24) is 14.8 Å². The van der Waals surface area contributed by atoms with Gasteiger partial charge in [0, 0.05) is 28.9 Å². The average molecular weight is 461 g/mol. The second kappa shape index (κ2) is 8.45. The van der Waals surface area contributed by atoms with Crippen molar-refractivity contribution in [2.75, 3.05) is 0 Å². The van der Waals surface area contributed by atoms with Crippen LogP contribution in [0.4, 0.5) is 23.2 Å². The molecular weight excluding hydrogens is 446 g/mol. The van der Waals surface area contributed by atoms with Gasteiger partial charge in [-0.2, -0.15) is 10.4 Å². The van der Waals surface area contributed by atoms with E-state index in [0.717, 1.165) is 6.07 Å². The van der Waals surface area contributed by atoms with E-state index >= 15 is 4.39 Å². The molecule has 168 valence electrons. The Bertz CT molecular complexity index is 1500. The molecule has 0 radical (unpaired) electrons. The van der Waals surface area contributed by atoms with Gasteiger partial charge in [-0.05, 0) is 36.4 Å². The summed E-state index contributed by atoms with van der Waals surface area (Å²) in [5.74, 6) is -4.14. The first-order valence-corrected chi connectivity index (χ1v) is 9.96. The van der Waals surface area contributed by atoms with Gasteiger partial charge in [0.1, 0.15) is 34.8 Å². The summed E-state index contributed by atoms with van der Waals surface area (Å²) in [4.78, 5) is 7.33. The van der Waals surface area contributed by atoms with E-state index in [2.05, 4.69) is 14.9 Å². The normalized spacial score (nSPS) is 11.2. The van der Waals surface area contributed by atoms with Gasteiger partial charge in [0.25, 0.3) is 5.69 Å². The SMILES string of the molecule is [C-]#[N+]c1c(F)ccc(-c2cccc(C(C)(C)c3cc(-n4cccn4)c(F)c(C#N)c3F)n2)c1F. The molecule has 9 heteroatoms. The van der Waals surface area contributed by atoms with Gasteiger partial charge in [0.2, 0.25) is 0 Å². The Hall–Kier alpha value is -4.50. The van der Waals surface area contributed by atoms with Gasteiger partial charge in [-0.25, -0.2) is 27.1 Å². The first-order valence-electron chi connectivity index (χ1n) is 9.96. The Morgan fingerprint density at radius 1 is 1.03 bits per heavy atom. The minimum atomic E-state index is -1.21. The molecule has 0 spiro atoms. The van der Waals surface area contributed by atoms with Gasteiger partial charge < -0.3 is 0 Å². The summed E-state index contributed by atoms with van der Waals surface area (Å²) in [6.07, 6.45) is 2.87. The monoisotopic (exact) mass is 461 g/mol. The van der Waals surface area contributed by atoms with Crippen molar-refractivity contribution < 1.29 is 17.6 Å². The lowest BCUT2D eigenvalue weighted by molar-refractivity contribution is 0.516. The van der Waals surface area contributed by atoms with Crippen molar-refractivity contribution in [2.24, 2.45) is 0 Å². The Labute approximate surface area is 192 Å². The summed E-state index contributed by atoms with van der Waals surface area (Å²) in [6, 6.07) is 11.1. The lowest BCUT2D eigenvalue weighted by Gasteiger charge is -2.27. The zero-order valence-corrected chi connectivity index (χ0v) is 17.9. The Morgan fingerprint density at radius 2 is 1.79 bits per heavy atom. The molecule has 0 aliphatic rings. The maximum absolute atomic E-state index is 15.3. The molecule has 34 heavy (non-hydrogen) atoms. The number of hydrogen-bond donors (Lipinski definition) is 0. The number of halogens is 4. The third-order valence-corrected chi connectivity index (χ3v) is 5.56. The van der Waals surface area contributed by atoms with Crippen LogP contribution in [0.5, 0.6) is 0 Å². The van der Waals surface area contributed by atoms with E-state index in [9.17, 15) is 18.4 Å². The number of pyridine rings is 1. The van der Waals surface area contributed by atoms with Crippen LogP contribution in [0.15, 0.2) is 54.9 Å². The molecular formula is C25H15F4N5. The van der Waals surface area contributed by atoms with Crippen molar-refractivity contribution in [3.05, 3.63) is 106 Å². The maximum Gasteiger partial charge on any atom is 0.257 e. The van der Waals surface area contributed by atoms with Crippen LogP contribution in [-0.4, -0.2) is 14.8 Å². The van der Waals surface area contributed by atoms with E-state index in [1.54, 1.807) is 38.1 Å². The smallest absolute Gasteiger partial charge is 0.252 e. The Kier molecular flexibility index (Phi) is 5.64. The van der Waals surface area contributed by atoms with E-state index in [1.807, 2.05) is 0 Å². The third-order valence-electron chi connectivity index (χ3n) is 5.56. The molecule has 2 aromatic carbocycles. The van der Waals surface area contributed by atoms with Gasteiger partial charge >= 0.3 is 0 Å². The molecule has 0 unspecified atom stereocenters. The molecule has 4 aromatic rings. The molecule has 2 heterocycles. The van der Waals surface area contributed by atoms with Crippen LogP contribution in [0.1, 0.15) is 30.7 Å². The fraction of sp³-hybridized carbons (Fsp3) is 0.120. The first kappa shape index (κ1) is 22.7. The van der Waals surface area contributed by atoms with Gasteiger partial charge in [-0.15, -0.1) is 0 Å². The van der Waals surface area contributed by atoms with E-state index in [-0.39, 0.29) is 28.2 Å². The Morgan fingerprint density at radius 3 is 2.44 bits per heavy atom. The van der Waals surface area contributed by atoms with Gasteiger partial charge in [-0.1, -0.05) is 19.9 Å². The number of nitriles is 1. The quantitative estimate of drug-likeness (QED) is 0.267. The van der Waals surface area contributed by atoms with E-state index < -0.39 is 39.9 Å². The predicted molar refractivity (Wildman–Crippen MR) is 116 cm³/mol. The molecule has 0 fully saturated rings. The minimum absolute atomic E-state index is 0.0259. The topological polar surface area (TPSA) is 58.9 Å². The number of hydrogen-bond acceptors (Lipinski definition) is 3. The van der Waals surface area contributed by atoms with Crippen LogP contribution in [0.3, 0.4) is 0 Å². The number of nitrogens with zero attached hydrogens (tertiary/aromatic N) is 5. The summed E-state index contributed by atoms with van der Waals surface area (Å²) in [7, 11) is 0. The highest BCUT2D eigenvalue weighted by atomic mass is 19.1. The molecule has 0 saturated heterocycles. The van der Waals surface area contributed by atoms with E-state index in [4.69, 9.17) is 6.57 Å². The molecule has 0 saturated carbocycles. The highest BCUT2D eigenvalue weighted by molar-refractivity contribution is 5.67. The summed E-state index contributed by atoms with van der Waals surface area (Å²) >= 11 is 0. The number of rotatable bonds is 4. The first-order chi connectivity index (χ1) is 16.2. The van der Waals surface area contributed by atoms with Crippen LogP contribution >= 0.6 is 0 Å². The molecule has 0 bridgehead atoms. The van der Waals surface area contributed by atoms with Gasteiger partial charge in [-0.3, -0.25) is 4.98 Å². The molecule has 0 aliphatic heterocycles. The standard InChI is InChI=1S/C25H15F4N5/c1-25(2,16-12-19(34-11-5-10-32-34)22(28)15(13-30)21(16)27)20-7-4-6-18(33-20)14-8-9-17(26)24(31-3)23(14)29/h4-12H,1-2H3. The van der Waals surface area contributed by atoms with Gasteiger partial charge in [0.05, 0.1) is 18.0 Å². The van der Waals surface area contributed by atoms with E-state index in [0.29, 0.717) is 0 Å². The zero-order chi connectivity index (χ0) is 24.6. The van der Waals surface area contributed by atoms with Crippen molar-refractivity contribution >= 4 is 5.69 Å². The van der Waals surface area contributed by atoms with Crippen molar-refractivity contribution in [1.29, 1.82) is 5.26 Å². The maximum atomic E-state index is 15.3. The Balaban J connectivity index is 1.90. The van der Waals surface area contributed by atoms with Crippen molar-refractivity contribution in [3.8, 4) is 23.0 Å². The molecule has 5 nitrogen and oxygen atoms in total. The largest absolute Gasteiger partial charge is 0.257 e. The molecule has 2 aromatic heterocycles. The molecule has 0 N–H and O–H groups in total. The summed E-state index contributed by atoms with van der Waals surface area (Å²) < 4.78 is 59.9. The van der Waals surface area contributed by atoms with Crippen molar-refractivity contribution in [3.63, 3.8) is 0 Å². The molecule has 4 rings (SSSR count). The average Bonchev–Trinajstić information content (AvgIpc) is 3.34. The van der Waals surface area contributed by atoms with E-state index in [1.165, 1.54) is 35.3 Å². The highest BCUT2D eigenvalue weighted by Gasteiger charge is 2.33. The molecule has 0 aliphatic carbocycles. The summed E-state index contributed by atoms with van der Waals surface area (Å²) in [6.45, 7) is 10.3. The zero-order valence-electron chi connectivity index (χ0n) is 17.9. The second-order valence-corrected chi connectivity index (χ2v) is 7.91. The highest BCUT2D eigenvalue weighted by Crippen LogP contribution is 2.37. The lowest BCUT2D eigenvalue weighted by Crippen LogP contribution is -2.24. The second-order valence-electron chi connectivity index (χ2n) is 7.91. The van der Waals surface area contributed by atoms with Crippen LogP contribution in [0.2, 0.25) is 0 Å².